The number of methoxy groups -OCH3 is 1. The number of nitro benzene ring substituents is 1. The number of hydrogen-bond donors (Lipinski definition) is 1. The molecule has 0 saturated heterocycles. The summed E-state index contributed by atoms with van der Waals surface area (Å²) in [7, 11) is 5.60. The van der Waals surface area contributed by atoms with Crippen LogP contribution in [-0.2, 0) is 6.54 Å². The van der Waals surface area contributed by atoms with Gasteiger partial charge in [-0.3, -0.25) is 19.9 Å². The summed E-state index contributed by atoms with van der Waals surface area (Å²) in [6.07, 6.45) is 3.30. The van der Waals surface area contributed by atoms with Crippen LogP contribution in [0.3, 0.4) is 0 Å². The molecular weight excluding hydrogens is 506 g/mol. The molecule has 0 aliphatic rings. The second kappa shape index (κ2) is 12.9. The number of carbonyl (C=O) groups excluding carboxylic acids is 1. The summed E-state index contributed by atoms with van der Waals surface area (Å²) in [6, 6.07) is 21.9. The van der Waals surface area contributed by atoms with E-state index < -0.39 is 4.92 Å². The fraction of sp³-hybridized carbons (Fsp3) is 0.290. The third-order valence-corrected chi connectivity index (χ3v) is 6.80. The van der Waals surface area contributed by atoms with Crippen molar-refractivity contribution in [3.63, 3.8) is 0 Å². The highest BCUT2D eigenvalue weighted by atomic mass is 16.6. The maximum absolute atomic E-state index is 13.5. The van der Waals surface area contributed by atoms with Crippen LogP contribution in [0.5, 0.6) is 5.75 Å². The molecule has 0 radical (unpaired) electrons. The largest absolute Gasteiger partial charge is 0.497 e. The first-order chi connectivity index (χ1) is 19.2. The molecule has 1 heterocycles. The Labute approximate surface area is 234 Å². The molecule has 9 nitrogen and oxygen atoms in total. The molecule has 0 aliphatic heterocycles. The van der Waals surface area contributed by atoms with Gasteiger partial charge < -0.3 is 19.9 Å². The maximum Gasteiger partial charge on any atom is 0.270 e. The number of pyridine rings is 1. The minimum absolute atomic E-state index is 0.0990. The van der Waals surface area contributed by atoms with E-state index in [4.69, 9.17) is 4.74 Å². The number of nitrogens with zero attached hydrogens (tertiary/aromatic N) is 4. The number of fused-ring (bicyclic) bond motifs is 1. The molecule has 4 rings (SSSR count). The standard InChI is InChI=1S/C31H35N5O4/c1-22(33-29-20-28(40-4)19-24-10-6-16-32-30(24)29)8-7-17-35(21-23-12-14-26(15-13-23)34(2)3)31(37)25-9-5-11-27(18-25)36(38)39/h5-6,9-16,18-20,22,33H,7-8,17,21H2,1-4H3. The van der Waals surface area contributed by atoms with Crippen molar-refractivity contribution in [2.24, 2.45) is 0 Å². The summed E-state index contributed by atoms with van der Waals surface area (Å²) in [6.45, 7) is 3.00. The Bertz CT molecular complexity index is 1470. The Kier molecular flexibility index (Phi) is 9.16. The molecule has 40 heavy (non-hydrogen) atoms. The summed E-state index contributed by atoms with van der Waals surface area (Å²) in [5.41, 5.74) is 4.04. The molecule has 9 heteroatoms. The molecule has 0 saturated carbocycles. The van der Waals surface area contributed by atoms with Gasteiger partial charge in [-0.1, -0.05) is 24.3 Å². The van der Waals surface area contributed by atoms with Crippen LogP contribution in [0.4, 0.5) is 17.1 Å². The van der Waals surface area contributed by atoms with Crippen LogP contribution < -0.4 is 15.0 Å². The molecule has 1 N–H and O–H groups in total. The van der Waals surface area contributed by atoms with Gasteiger partial charge >= 0.3 is 0 Å². The quantitative estimate of drug-likeness (QED) is 0.170. The summed E-state index contributed by atoms with van der Waals surface area (Å²) in [5, 5.41) is 15.8. The number of nitro groups is 1. The molecule has 4 aromatic rings. The summed E-state index contributed by atoms with van der Waals surface area (Å²) in [5.74, 6) is 0.521. The average Bonchev–Trinajstić information content (AvgIpc) is 2.96. The second-order valence-corrected chi connectivity index (χ2v) is 10.0. The van der Waals surface area contributed by atoms with Gasteiger partial charge in [-0.05, 0) is 55.7 Å². The smallest absolute Gasteiger partial charge is 0.270 e. The van der Waals surface area contributed by atoms with Gasteiger partial charge in [0.1, 0.15) is 5.75 Å². The highest BCUT2D eigenvalue weighted by molar-refractivity contribution is 5.95. The molecule has 208 valence electrons. The first-order valence-corrected chi connectivity index (χ1v) is 13.2. The lowest BCUT2D eigenvalue weighted by molar-refractivity contribution is -0.384. The third kappa shape index (κ3) is 7.05. The lowest BCUT2D eigenvalue weighted by Crippen LogP contribution is -2.32. The van der Waals surface area contributed by atoms with Crippen LogP contribution in [0.1, 0.15) is 35.7 Å². The minimum Gasteiger partial charge on any atom is -0.497 e. The van der Waals surface area contributed by atoms with E-state index in [2.05, 4.69) is 17.2 Å². The lowest BCUT2D eigenvalue weighted by Gasteiger charge is -2.25. The zero-order valence-electron chi connectivity index (χ0n) is 23.3. The first kappa shape index (κ1) is 28.4. The number of benzene rings is 3. The van der Waals surface area contributed by atoms with Crippen molar-refractivity contribution in [3.05, 3.63) is 100 Å². The van der Waals surface area contributed by atoms with E-state index in [1.165, 1.54) is 12.1 Å². The van der Waals surface area contributed by atoms with Crippen LogP contribution in [0.25, 0.3) is 10.9 Å². The molecular formula is C31H35N5O4. The Morgan fingerprint density at radius 3 is 2.55 bits per heavy atom. The Balaban J connectivity index is 1.48. The van der Waals surface area contributed by atoms with E-state index >= 15 is 0 Å². The van der Waals surface area contributed by atoms with Gasteiger partial charge in [0, 0.05) is 74.3 Å². The van der Waals surface area contributed by atoms with Crippen molar-refractivity contribution in [3.8, 4) is 5.75 Å². The number of aromatic nitrogens is 1. The van der Waals surface area contributed by atoms with E-state index in [0.29, 0.717) is 18.7 Å². The van der Waals surface area contributed by atoms with Crippen molar-refractivity contribution < 1.29 is 14.5 Å². The van der Waals surface area contributed by atoms with Crippen molar-refractivity contribution >= 4 is 33.9 Å². The van der Waals surface area contributed by atoms with Gasteiger partial charge in [0.15, 0.2) is 0 Å². The van der Waals surface area contributed by atoms with E-state index in [1.807, 2.05) is 67.5 Å². The highest BCUT2D eigenvalue weighted by Crippen LogP contribution is 2.28. The van der Waals surface area contributed by atoms with Crippen LogP contribution >= 0.6 is 0 Å². The number of amides is 1. The fourth-order valence-electron chi connectivity index (χ4n) is 4.63. The van der Waals surface area contributed by atoms with Crippen LogP contribution in [0.15, 0.2) is 79.0 Å². The van der Waals surface area contributed by atoms with Crippen LogP contribution in [-0.4, -0.2) is 54.5 Å². The van der Waals surface area contributed by atoms with Crippen LogP contribution in [0, 0.1) is 10.1 Å². The number of hydrogen-bond acceptors (Lipinski definition) is 7. The molecule has 0 bridgehead atoms. The number of carbonyl (C=O) groups is 1. The predicted octanol–water partition coefficient (Wildman–Crippen LogP) is 6.14. The number of non-ortho nitro benzene ring substituents is 1. The summed E-state index contributed by atoms with van der Waals surface area (Å²) < 4.78 is 5.47. The molecule has 0 aliphatic carbocycles. The Morgan fingerprint density at radius 2 is 1.85 bits per heavy atom. The van der Waals surface area contributed by atoms with E-state index in [0.717, 1.165) is 46.4 Å². The van der Waals surface area contributed by atoms with Crippen molar-refractivity contribution in [1.29, 1.82) is 0 Å². The number of nitrogens with one attached hydrogen (secondary N) is 1. The van der Waals surface area contributed by atoms with E-state index in [-0.39, 0.29) is 17.6 Å². The number of anilines is 2. The van der Waals surface area contributed by atoms with Crippen molar-refractivity contribution in [2.75, 3.05) is 38.0 Å². The van der Waals surface area contributed by atoms with E-state index in [1.54, 1.807) is 30.3 Å². The minimum atomic E-state index is -0.481. The summed E-state index contributed by atoms with van der Waals surface area (Å²) in [4.78, 5) is 32.7. The topological polar surface area (TPSA) is 101 Å². The fourth-order valence-corrected chi connectivity index (χ4v) is 4.63. The zero-order chi connectivity index (χ0) is 28.6. The van der Waals surface area contributed by atoms with Gasteiger partial charge in [0.25, 0.3) is 11.6 Å². The van der Waals surface area contributed by atoms with Crippen molar-refractivity contribution in [2.45, 2.75) is 32.4 Å². The summed E-state index contributed by atoms with van der Waals surface area (Å²) >= 11 is 0. The maximum atomic E-state index is 13.5. The molecule has 0 spiro atoms. The van der Waals surface area contributed by atoms with Gasteiger partial charge in [-0.2, -0.15) is 0 Å². The first-order valence-electron chi connectivity index (χ1n) is 13.2. The van der Waals surface area contributed by atoms with Gasteiger partial charge in [-0.15, -0.1) is 0 Å². The normalized spacial score (nSPS) is 11.6. The molecule has 1 amide bonds. The zero-order valence-corrected chi connectivity index (χ0v) is 23.3. The van der Waals surface area contributed by atoms with Gasteiger partial charge in [0.05, 0.1) is 23.2 Å². The Hall–Kier alpha value is -4.66. The molecule has 1 atom stereocenters. The van der Waals surface area contributed by atoms with Crippen molar-refractivity contribution in [1.82, 2.24) is 9.88 Å². The lowest BCUT2D eigenvalue weighted by atomic mass is 10.1. The predicted molar refractivity (Wildman–Crippen MR) is 159 cm³/mol. The highest BCUT2D eigenvalue weighted by Gasteiger charge is 2.19. The third-order valence-electron chi connectivity index (χ3n) is 6.80. The van der Waals surface area contributed by atoms with E-state index in [9.17, 15) is 14.9 Å². The number of rotatable bonds is 12. The molecule has 3 aromatic carbocycles. The van der Waals surface area contributed by atoms with Gasteiger partial charge in [-0.25, -0.2) is 0 Å². The average molecular weight is 542 g/mol. The van der Waals surface area contributed by atoms with Crippen LogP contribution in [0.2, 0.25) is 0 Å². The van der Waals surface area contributed by atoms with Gasteiger partial charge in [0.2, 0.25) is 0 Å². The molecule has 0 fully saturated rings. The second-order valence-electron chi connectivity index (χ2n) is 10.0. The molecule has 1 aromatic heterocycles. The monoisotopic (exact) mass is 541 g/mol. The molecule has 1 unspecified atom stereocenters. The SMILES string of the molecule is COc1cc(NC(C)CCCN(Cc2ccc(N(C)C)cc2)C(=O)c2cccc([N+](=O)[O-])c2)c2ncccc2c1. The Morgan fingerprint density at radius 1 is 1.07 bits per heavy atom. The number of ether oxygens (including phenoxy) is 1.